The quantitative estimate of drug-likeness (QED) is 0.828. The molecule has 1 atom stereocenters. The molecule has 6 heteroatoms. The number of methoxy groups -OCH3 is 1. The second kappa shape index (κ2) is 5.58. The number of carbonyl (C=O) groups is 1. The fraction of sp³-hybridized carbons (Fsp3) is 0.364. The van der Waals surface area contributed by atoms with Crippen molar-refractivity contribution < 1.29 is 18.3 Å². The molecule has 0 aliphatic heterocycles. The Bertz CT molecular complexity index is 422. The molecule has 1 unspecified atom stereocenters. The molecule has 1 rings (SSSR count). The normalized spacial score (nSPS) is 12.1. The molecule has 1 aromatic carbocycles. The summed E-state index contributed by atoms with van der Waals surface area (Å²) in [6, 6.07) is 1.22. The molecule has 0 saturated carbocycles. The highest BCUT2D eigenvalue weighted by atomic mass is 19.1. The molecule has 4 nitrogen and oxygen atoms in total. The highest BCUT2D eigenvalue weighted by Gasteiger charge is 2.12. The Labute approximate surface area is 97.8 Å². The van der Waals surface area contributed by atoms with Crippen LogP contribution in [0.5, 0.6) is 5.75 Å². The minimum Gasteiger partial charge on any atom is -0.494 e. The van der Waals surface area contributed by atoms with Crippen molar-refractivity contribution in [1.29, 1.82) is 0 Å². The number of nitrogens with two attached hydrogens (primary N) is 1. The lowest BCUT2D eigenvalue weighted by atomic mass is 10.2. The van der Waals surface area contributed by atoms with Gasteiger partial charge in [0.2, 0.25) is 5.91 Å². The van der Waals surface area contributed by atoms with Gasteiger partial charge in [0.25, 0.3) is 0 Å². The molecule has 0 aromatic heterocycles. The van der Waals surface area contributed by atoms with E-state index in [2.05, 4.69) is 10.1 Å². The Morgan fingerprint density at radius 3 is 2.65 bits per heavy atom. The zero-order chi connectivity index (χ0) is 13.0. The zero-order valence-corrected chi connectivity index (χ0v) is 9.59. The van der Waals surface area contributed by atoms with E-state index in [0.717, 1.165) is 12.1 Å². The van der Waals surface area contributed by atoms with Crippen LogP contribution in [-0.4, -0.2) is 19.1 Å². The maximum Gasteiger partial charge on any atom is 0.236 e. The number of benzene rings is 1. The zero-order valence-electron chi connectivity index (χ0n) is 9.59. The van der Waals surface area contributed by atoms with Crippen LogP contribution < -0.4 is 15.8 Å². The summed E-state index contributed by atoms with van der Waals surface area (Å²) >= 11 is 0. The van der Waals surface area contributed by atoms with Crippen molar-refractivity contribution in [3.63, 3.8) is 0 Å². The summed E-state index contributed by atoms with van der Waals surface area (Å²) in [7, 11) is 1.25. The first kappa shape index (κ1) is 13.4. The van der Waals surface area contributed by atoms with Gasteiger partial charge in [0.15, 0.2) is 11.6 Å². The van der Waals surface area contributed by atoms with Crippen molar-refractivity contribution in [2.75, 3.05) is 7.11 Å². The van der Waals surface area contributed by atoms with Gasteiger partial charge in [-0.3, -0.25) is 4.79 Å². The van der Waals surface area contributed by atoms with Crippen molar-refractivity contribution in [2.45, 2.75) is 19.5 Å². The van der Waals surface area contributed by atoms with Crippen LogP contribution in [0.15, 0.2) is 12.1 Å². The molecular formula is C11H14F2N2O2. The van der Waals surface area contributed by atoms with Crippen molar-refractivity contribution in [1.82, 2.24) is 5.32 Å². The molecule has 0 aliphatic rings. The SMILES string of the molecule is COc1cc(F)c(CNC(=O)C(C)N)cc1F. The van der Waals surface area contributed by atoms with Crippen LogP contribution in [-0.2, 0) is 11.3 Å². The van der Waals surface area contributed by atoms with Crippen molar-refractivity contribution in [3.8, 4) is 5.75 Å². The minimum absolute atomic E-state index is 0.0392. The Kier molecular flexibility index (Phi) is 4.39. The van der Waals surface area contributed by atoms with Crippen LogP contribution in [0.4, 0.5) is 8.78 Å². The molecule has 0 saturated heterocycles. The summed E-state index contributed by atoms with van der Waals surface area (Å²) in [5, 5.41) is 2.39. The van der Waals surface area contributed by atoms with E-state index in [0.29, 0.717) is 0 Å². The first-order chi connectivity index (χ1) is 7.95. The number of hydrogen-bond acceptors (Lipinski definition) is 3. The molecule has 94 valence electrons. The number of amides is 1. The van der Waals surface area contributed by atoms with Gasteiger partial charge in [-0.25, -0.2) is 8.78 Å². The van der Waals surface area contributed by atoms with E-state index in [-0.39, 0.29) is 17.9 Å². The summed E-state index contributed by atoms with van der Waals surface area (Å²) in [6.45, 7) is 1.38. The van der Waals surface area contributed by atoms with Crippen molar-refractivity contribution >= 4 is 5.91 Å². The number of ether oxygens (including phenoxy) is 1. The molecule has 3 N–H and O–H groups in total. The smallest absolute Gasteiger partial charge is 0.236 e. The van der Waals surface area contributed by atoms with E-state index in [4.69, 9.17) is 5.73 Å². The first-order valence-electron chi connectivity index (χ1n) is 5.01. The number of halogens is 2. The van der Waals surface area contributed by atoms with Gasteiger partial charge in [0, 0.05) is 18.2 Å². The third kappa shape index (κ3) is 3.39. The van der Waals surface area contributed by atoms with Gasteiger partial charge in [-0.2, -0.15) is 0 Å². The average molecular weight is 244 g/mol. The summed E-state index contributed by atoms with van der Waals surface area (Å²) in [5.74, 6) is -1.93. The molecular weight excluding hydrogens is 230 g/mol. The van der Waals surface area contributed by atoms with E-state index < -0.39 is 23.6 Å². The van der Waals surface area contributed by atoms with E-state index in [1.807, 2.05) is 0 Å². The molecule has 0 spiro atoms. The van der Waals surface area contributed by atoms with Crippen LogP contribution in [0.2, 0.25) is 0 Å². The Morgan fingerprint density at radius 1 is 1.47 bits per heavy atom. The third-order valence-corrected chi connectivity index (χ3v) is 2.19. The molecule has 0 heterocycles. The summed E-state index contributed by atoms with van der Waals surface area (Å²) < 4.78 is 31.3. The van der Waals surface area contributed by atoms with Crippen molar-refractivity contribution in [2.24, 2.45) is 5.73 Å². The van der Waals surface area contributed by atoms with Crippen molar-refractivity contribution in [3.05, 3.63) is 29.3 Å². The van der Waals surface area contributed by atoms with E-state index in [1.54, 1.807) is 0 Å². The van der Waals surface area contributed by atoms with Crippen LogP contribution in [0.3, 0.4) is 0 Å². The summed E-state index contributed by atoms with van der Waals surface area (Å²) in [6.07, 6.45) is 0. The largest absolute Gasteiger partial charge is 0.494 e. The monoisotopic (exact) mass is 244 g/mol. The number of rotatable bonds is 4. The minimum atomic E-state index is -0.693. The maximum absolute atomic E-state index is 13.4. The number of carbonyl (C=O) groups excluding carboxylic acids is 1. The topological polar surface area (TPSA) is 64.3 Å². The Balaban J connectivity index is 2.79. The fourth-order valence-corrected chi connectivity index (χ4v) is 1.21. The van der Waals surface area contributed by atoms with Crippen LogP contribution >= 0.6 is 0 Å². The van der Waals surface area contributed by atoms with Crippen LogP contribution in [0.1, 0.15) is 12.5 Å². The summed E-state index contributed by atoms with van der Waals surface area (Å²) in [4.78, 5) is 11.2. The van der Waals surface area contributed by atoms with Gasteiger partial charge >= 0.3 is 0 Å². The lowest BCUT2D eigenvalue weighted by Crippen LogP contribution is -2.38. The van der Waals surface area contributed by atoms with Gasteiger partial charge in [0.05, 0.1) is 13.2 Å². The van der Waals surface area contributed by atoms with Crippen LogP contribution in [0.25, 0.3) is 0 Å². The van der Waals surface area contributed by atoms with E-state index in [1.165, 1.54) is 14.0 Å². The third-order valence-electron chi connectivity index (χ3n) is 2.19. The summed E-state index contributed by atoms with van der Waals surface area (Å²) in [5.41, 5.74) is 5.35. The Morgan fingerprint density at radius 2 is 2.12 bits per heavy atom. The van der Waals surface area contributed by atoms with Crippen LogP contribution in [0, 0.1) is 11.6 Å². The highest BCUT2D eigenvalue weighted by Crippen LogP contribution is 2.21. The lowest BCUT2D eigenvalue weighted by molar-refractivity contribution is -0.122. The number of nitrogens with one attached hydrogen (secondary N) is 1. The lowest BCUT2D eigenvalue weighted by Gasteiger charge is -2.10. The molecule has 17 heavy (non-hydrogen) atoms. The first-order valence-corrected chi connectivity index (χ1v) is 5.01. The molecule has 0 radical (unpaired) electrons. The second-order valence-corrected chi connectivity index (χ2v) is 3.58. The fourth-order valence-electron chi connectivity index (χ4n) is 1.21. The predicted molar refractivity (Wildman–Crippen MR) is 58.4 cm³/mol. The van der Waals surface area contributed by atoms with E-state index >= 15 is 0 Å². The average Bonchev–Trinajstić information content (AvgIpc) is 2.29. The second-order valence-electron chi connectivity index (χ2n) is 3.58. The van der Waals surface area contributed by atoms with Gasteiger partial charge in [-0.1, -0.05) is 0 Å². The van der Waals surface area contributed by atoms with E-state index in [9.17, 15) is 13.6 Å². The highest BCUT2D eigenvalue weighted by molar-refractivity contribution is 5.80. The molecule has 1 aromatic rings. The van der Waals surface area contributed by atoms with Gasteiger partial charge in [-0.05, 0) is 13.0 Å². The van der Waals surface area contributed by atoms with Gasteiger partial charge in [0.1, 0.15) is 5.82 Å². The standard InChI is InChI=1S/C11H14F2N2O2/c1-6(14)11(16)15-5-7-3-9(13)10(17-2)4-8(7)12/h3-4,6H,5,14H2,1-2H3,(H,15,16). The maximum atomic E-state index is 13.4. The Hall–Kier alpha value is -1.69. The molecule has 0 bridgehead atoms. The number of hydrogen-bond donors (Lipinski definition) is 2. The van der Waals surface area contributed by atoms with Gasteiger partial charge < -0.3 is 15.8 Å². The molecule has 0 aliphatic carbocycles. The predicted octanol–water partition coefficient (Wildman–Crippen LogP) is 0.937. The molecule has 0 fully saturated rings. The van der Waals surface area contributed by atoms with Gasteiger partial charge in [-0.15, -0.1) is 0 Å². The molecule has 1 amide bonds.